The van der Waals surface area contributed by atoms with Crippen molar-refractivity contribution in [2.45, 2.75) is 63.8 Å². The van der Waals surface area contributed by atoms with Crippen molar-refractivity contribution in [2.75, 3.05) is 29.9 Å². The second-order valence-electron chi connectivity index (χ2n) is 8.52. The zero-order valence-electron chi connectivity index (χ0n) is 17.1. The van der Waals surface area contributed by atoms with Crippen molar-refractivity contribution < 1.29 is 14.4 Å². The number of carbonyl (C=O) groups excluding carboxylic acids is 3. The molecule has 1 aromatic carbocycles. The van der Waals surface area contributed by atoms with E-state index in [0.717, 1.165) is 43.6 Å². The smallest absolute Gasteiger partial charge is 0.325 e. The van der Waals surface area contributed by atoms with Crippen LogP contribution in [0.25, 0.3) is 0 Å². The quantitative estimate of drug-likeness (QED) is 0.747. The number of nitrogens with zero attached hydrogens (tertiary/aromatic N) is 2. The Kier molecular flexibility index (Phi) is 5.48. The van der Waals surface area contributed by atoms with Gasteiger partial charge in [0, 0.05) is 37.4 Å². The van der Waals surface area contributed by atoms with E-state index in [1.807, 2.05) is 19.1 Å². The number of anilines is 2. The summed E-state index contributed by atoms with van der Waals surface area (Å²) in [6.07, 6.45) is 6.95. The van der Waals surface area contributed by atoms with Gasteiger partial charge in [-0.15, -0.1) is 0 Å². The average Bonchev–Trinajstić information content (AvgIpc) is 3.31. The molecule has 156 valence electrons. The lowest BCUT2D eigenvalue weighted by Crippen LogP contribution is -2.48. The Morgan fingerprint density at radius 3 is 2.52 bits per heavy atom. The standard InChI is InChI=1S/C22H30N4O3/c1-16-15-17(25-12-5-6-13-25)7-8-18(16)23-19(27)9-14-26-20(28)22(24-21(26)29)10-3-2-4-11-22/h7-8,15H,2-6,9-14H2,1H3,(H,23,27)(H,24,29). The molecule has 1 saturated carbocycles. The average molecular weight is 399 g/mol. The zero-order chi connectivity index (χ0) is 20.4. The van der Waals surface area contributed by atoms with Crippen molar-refractivity contribution >= 4 is 29.2 Å². The van der Waals surface area contributed by atoms with Gasteiger partial charge in [-0.1, -0.05) is 19.3 Å². The minimum absolute atomic E-state index is 0.0998. The van der Waals surface area contributed by atoms with E-state index in [0.29, 0.717) is 12.8 Å². The first-order valence-corrected chi connectivity index (χ1v) is 10.8. The summed E-state index contributed by atoms with van der Waals surface area (Å²) >= 11 is 0. The van der Waals surface area contributed by atoms with E-state index in [9.17, 15) is 14.4 Å². The first-order valence-electron chi connectivity index (χ1n) is 10.8. The number of benzene rings is 1. The topological polar surface area (TPSA) is 81.8 Å². The third-order valence-corrected chi connectivity index (χ3v) is 6.47. The maximum absolute atomic E-state index is 12.8. The van der Waals surface area contributed by atoms with Crippen LogP contribution in [0.1, 0.15) is 56.9 Å². The summed E-state index contributed by atoms with van der Waals surface area (Å²) in [6.45, 7) is 4.26. The van der Waals surface area contributed by atoms with Crippen LogP contribution in [0.5, 0.6) is 0 Å². The van der Waals surface area contributed by atoms with E-state index >= 15 is 0 Å². The van der Waals surface area contributed by atoms with Crippen LogP contribution in [0, 0.1) is 6.92 Å². The summed E-state index contributed by atoms with van der Waals surface area (Å²) < 4.78 is 0. The van der Waals surface area contributed by atoms with Crippen LogP contribution in [-0.4, -0.2) is 47.9 Å². The minimum Gasteiger partial charge on any atom is -0.372 e. The normalized spacial score (nSPS) is 21.0. The predicted octanol–water partition coefficient (Wildman–Crippen LogP) is 3.18. The highest BCUT2D eigenvalue weighted by atomic mass is 16.2. The van der Waals surface area contributed by atoms with Gasteiger partial charge in [-0.25, -0.2) is 4.79 Å². The molecule has 2 aliphatic heterocycles. The lowest BCUT2D eigenvalue weighted by Gasteiger charge is -2.30. The Labute approximate surface area is 171 Å². The number of rotatable bonds is 5. The first-order chi connectivity index (χ1) is 14.0. The fraction of sp³-hybridized carbons (Fsp3) is 0.591. The van der Waals surface area contributed by atoms with Gasteiger partial charge in [-0.05, 0) is 56.4 Å². The summed E-state index contributed by atoms with van der Waals surface area (Å²) in [5.74, 6) is -0.353. The minimum atomic E-state index is -0.728. The molecule has 1 spiro atoms. The first kappa shape index (κ1) is 19.7. The van der Waals surface area contributed by atoms with Crippen molar-refractivity contribution in [1.29, 1.82) is 0 Å². The molecule has 4 amide bonds. The molecule has 2 heterocycles. The third-order valence-electron chi connectivity index (χ3n) is 6.47. The van der Waals surface area contributed by atoms with Crippen molar-refractivity contribution in [2.24, 2.45) is 0 Å². The van der Waals surface area contributed by atoms with E-state index in [2.05, 4.69) is 21.6 Å². The molecule has 0 aromatic heterocycles. The molecule has 3 fully saturated rings. The van der Waals surface area contributed by atoms with Crippen LogP contribution >= 0.6 is 0 Å². The number of imide groups is 1. The Morgan fingerprint density at radius 2 is 1.83 bits per heavy atom. The molecule has 0 radical (unpaired) electrons. The van der Waals surface area contributed by atoms with Crippen LogP contribution in [0.3, 0.4) is 0 Å². The number of urea groups is 1. The van der Waals surface area contributed by atoms with E-state index in [1.54, 1.807) is 0 Å². The molecular formula is C22H30N4O3. The summed E-state index contributed by atoms with van der Waals surface area (Å²) in [6, 6.07) is 5.71. The lowest BCUT2D eigenvalue weighted by atomic mass is 9.82. The summed E-state index contributed by atoms with van der Waals surface area (Å²) in [5, 5.41) is 5.81. The maximum atomic E-state index is 12.8. The van der Waals surface area contributed by atoms with E-state index in [-0.39, 0.29) is 30.8 Å². The van der Waals surface area contributed by atoms with E-state index < -0.39 is 5.54 Å². The molecular weight excluding hydrogens is 368 g/mol. The Bertz CT molecular complexity index is 810. The second kappa shape index (κ2) is 8.05. The van der Waals surface area contributed by atoms with E-state index in [4.69, 9.17) is 0 Å². The molecule has 1 aliphatic carbocycles. The van der Waals surface area contributed by atoms with Gasteiger partial charge in [0.05, 0.1) is 0 Å². The number of hydrogen-bond donors (Lipinski definition) is 2. The molecule has 1 aromatic rings. The van der Waals surface area contributed by atoms with Crippen molar-refractivity contribution in [3.63, 3.8) is 0 Å². The summed E-state index contributed by atoms with van der Waals surface area (Å²) in [7, 11) is 0. The van der Waals surface area contributed by atoms with Crippen LogP contribution in [0.2, 0.25) is 0 Å². The molecule has 3 aliphatic rings. The van der Waals surface area contributed by atoms with Gasteiger partial charge in [0.25, 0.3) is 5.91 Å². The van der Waals surface area contributed by atoms with Gasteiger partial charge in [0.15, 0.2) is 0 Å². The largest absolute Gasteiger partial charge is 0.372 e. The van der Waals surface area contributed by atoms with Crippen molar-refractivity contribution in [3.8, 4) is 0 Å². The fourth-order valence-corrected chi connectivity index (χ4v) is 4.76. The third kappa shape index (κ3) is 3.95. The second-order valence-corrected chi connectivity index (χ2v) is 8.52. The molecule has 7 nitrogen and oxygen atoms in total. The fourth-order valence-electron chi connectivity index (χ4n) is 4.76. The molecule has 4 rings (SSSR count). The van der Waals surface area contributed by atoms with Gasteiger partial charge in [-0.2, -0.15) is 0 Å². The number of nitrogens with one attached hydrogen (secondary N) is 2. The lowest BCUT2D eigenvalue weighted by molar-refractivity contribution is -0.132. The van der Waals surface area contributed by atoms with Crippen LogP contribution in [-0.2, 0) is 9.59 Å². The molecule has 29 heavy (non-hydrogen) atoms. The summed E-state index contributed by atoms with van der Waals surface area (Å²) in [4.78, 5) is 41.1. The van der Waals surface area contributed by atoms with Crippen LogP contribution in [0.15, 0.2) is 18.2 Å². The maximum Gasteiger partial charge on any atom is 0.325 e. The van der Waals surface area contributed by atoms with Gasteiger partial charge in [-0.3, -0.25) is 14.5 Å². The van der Waals surface area contributed by atoms with Gasteiger partial charge >= 0.3 is 6.03 Å². The Morgan fingerprint density at radius 1 is 1.10 bits per heavy atom. The highest BCUT2D eigenvalue weighted by molar-refractivity contribution is 6.07. The van der Waals surface area contributed by atoms with Crippen molar-refractivity contribution in [1.82, 2.24) is 10.2 Å². The molecule has 7 heteroatoms. The van der Waals surface area contributed by atoms with Gasteiger partial charge in [0.1, 0.15) is 5.54 Å². The number of carbonyl (C=O) groups is 3. The Balaban J connectivity index is 1.33. The monoisotopic (exact) mass is 398 g/mol. The highest BCUT2D eigenvalue weighted by Crippen LogP contribution is 2.33. The zero-order valence-corrected chi connectivity index (χ0v) is 17.1. The van der Waals surface area contributed by atoms with Crippen LogP contribution in [0.4, 0.5) is 16.2 Å². The number of amides is 4. The van der Waals surface area contributed by atoms with Crippen LogP contribution < -0.4 is 15.5 Å². The molecule has 0 atom stereocenters. The molecule has 2 saturated heterocycles. The van der Waals surface area contributed by atoms with Gasteiger partial charge in [0.2, 0.25) is 5.91 Å². The SMILES string of the molecule is Cc1cc(N2CCCC2)ccc1NC(=O)CCN1C(=O)NC2(CCCCC2)C1=O. The number of aryl methyl sites for hydroxylation is 1. The molecule has 0 unspecified atom stereocenters. The molecule has 2 N–H and O–H groups in total. The highest BCUT2D eigenvalue weighted by Gasteiger charge is 2.51. The van der Waals surface area contributed by atoms with Gasteiger partial charge < -0.3 is 15.5 Å². The predicted molar refractivity (Wildman–Crippen MR) is 112 cm³/mol. The molecule has 0 bridgehead atoms. The summed E-state index contributed by atoms with van der Waals surface area (Å²) in [5.41, 5.74) is 2.25. The Hall–Kier alpha value is -2.57. The number of hydrogen-bond acceptors (Lipinski definition) is 4. The van der Waals surface area contributed by atoms with Crippen molar-refractivity contribution in [3.05, 3.63) is 23.8 Å². The van der Waals surface area contributed by atoms with E-state index in [1.165, 1.54) is 23.4 Å².